The largest absolute Gasteiger partial charge is 0.478 e. The zero-order chi connectivity index (χ0) is 30.5. The van der Waals surface area contributed by atoms with Gasteiger partial charge in [-0.2, -0.15) is 0 Å². The van der Waals surface area contributed by atoms with Gasteiger partial charge in [0.15, 0.2) is 0 Å². The van der Waals surface area contributed by atoms with Crippen molar-refractivity contribution >= 4 is 11.9 Å². The molecule has 0 aromatic rings. The number of allylic oxidation sites excluding steroid dienone is 5. The molecule has 0 saturated heterocycles. The Balaban J connectivity index is 1.64. The van der Waals surface area contributed by atoms with Gasteiger partial charge >= 0.3 is 11.9 Å². The Kier molecular flexibility index (Phi) is 8.69. The summed E-state index contributed by atoms with van der Waals surface area (Å²) in [5.74, 6) is -0.00548. The van der Waals surface area contributed by atoms with Gasteiger partial charge in [0, 0.05) is 5.57 Å². The van der Waals surface area contributed by atoms with Gasteiger partial charge in [-0.25, -0.2) is 9.59 Å². The Hall–Kier alpha value is -2.10. The summed E-state index contributed by atoms with van der Waals surface area (Å²) in [6, 6.07) is 0. The fraction of sp³-hybridized carbons (Fsp3) is 0.730. The topological polar surface area (TPSA) is 74.6 Å². The first-order chi connectivity index (χ1) is 19.0. The van der Waals surface area contributed by atoms with Crippen molar-refractivity contribution in [2.24, 2.45) is 45.3 Å². The van der Waals surface area contributed by atoms with Crippen molar-refractivity contribution in [3.05, 3.63) is 46.1 Å². The molecule has 0 bridgehead atoms. The standard InChI is InChI=1S/C37H56O4/c1-23(2)11-10-12-24(3)28-16-19-37(9)30-13-14-31-34(5,6)27(22-26(33(40)41)21-25(4)32(38)39)15-18-35(31,7)29(30)17-20-36(28,37)8/h11,21-22,24,27-28,31H,10,12-20H2,1-9H3,(H,38,39)(H,40,41)/t24-,27?,28-,31?,35-,36-,37+/m1/s1. The maximum absolute atomic E-state index is 12.1. The van der Waals surface area contributed by atoms with Gasteiger partial charge in [0.05, 0.1) is 5.57 Å². The lowest BCUT2D eigenvalue weighted by atomic mass is 9.42. The van der Waals surface area contributed by atoms with E-state index in [1.165, 1.54) is 63.5 Å². The molecule has 7 atom stereocenters. The van der Waals surface area contributed by atoms with Gasteiger partial charge in [0.2, 0.25) is 0 Å². The fourth-order valence-corrected chi connectivity index (χ4v) is 10.5. The summed E-state index contributed by atoms with van der Waals surface area (Å²) >= 11 is 0. The number of hydrogen-bond donors (Lipinski definition) is 2. The SMILES string of the molecule is CC(C)=CCC[C@@H](C)[C@H]1CC[C@@]2(C)C3=C(CC[C@]12C)[C@@]1(C)CCC(C=C(C=C(C)C(=O)O)C(=O)O)C(C)(C)C1CC3. The Morgan fingerprint density at radius 3 is 2.20 bits per heavy atom. The molecule has 0 aromatic carbocycles. The molecule has 4 nitrogen and oxygen atoms in total. The minimum absolute atomic E-state index is 0.0594. The highest BCUT2D eigenvalue weighted by atomic mass is 16.4. The molecule has 0 amide bonds. The van der Waals surface area contributed by atoms with Crippen LogP contribution in [0.5, 0.6) is 0 Å². The molecule has 4 heteroatoms. The van der Waals surface area contributed by atoms with Crippen LogP contribution in [-0.4, -0.2) is 22.2 Å². The molecular weight excluding hydrogens is 508 g/mol. The van der Waals surface area contributed by atoms with Gasteiger partial charge < -0.3 is 10.2 Å². The van der Waals surface area contributed by atoms with E-state index < -0.39 is 11.9 Å². The number of aliphatic carboxylic acids is 2. The summed E-state index contributed by atoms with van der Waals surface area (Å²) in [5, 5.41) is 19.2. The molecule has 0 radical (unpaired) electrons. The monoisotopic (exact) mass is 564 g/mol. The van der Waals surface area contributed by atoms with Crippen molar-refractivity contribution in [3.8, 4) is 0 Å². The van der Waals surface area contributed by atoms with Crippen LogP contribution in [0.1, 0.15) is 127 Å². The molecular formula is C37H56O4. The highest BCUT2D eigenvalue weighted by Crippen LogP contribution is 2.73. The number of carboxylic acid groups (broad SMARTS) is 2. The van der Waals surface area contributed by atoms with Crippen LogP contribution in [0.2, 0.25) is 0 Å². The zero-order valence-corrected chi connectivity index (χ0v) is 27.3. The van der Waals surface area contributed by atoms with E-state index in [9.17, 15) is 19.8 Å². The average molecular weight is 565 g/mol. The van der Waals surface area contributed by atoms with Gasteiger partial charge in [-0.3, -0.25) is 0 Å². The first kappa shape index (κ1) is 31.8. The number of carbonyl (C=O) groups is 2. The molecule has 0 spiro atoms. The van der Waals surface area contributed by atoms with Crippen LogP contribution in [-0.2, 0) is 9.59 Å². The molecule has 4 aliphatic carbocycles. The van der Waals surface area contributed by atoms with Crippen LogP contribution in [0.4, 0.5) is 0 Å². The zero-order valence-electron chi connectivity index (χ0n) is 27.3. The Labute approximate surface area is 249 Å². The third kappa shape index (κ3) is 5.31. The van der Waals surface area contributed by atoms with E-state index in [0.29, 0.717) is 11.3 Å². The summed E-state index contributed by atoms with van der Waals surface area (Å²) in [7, 11) is 0. The molecule has 0 aromatic heterocycles. The molecule has 4 aliphatic rings. The van der Waals surface area contributed by atoms with E-state index in [4.69, 9.17) is 0 Å². The highest BCUT2D eigenvalue weighted by molar-refractivity contribution is 5.94. The lowest BCUT2D eigenvalue weighted by Gasteiger charge is -2.62. The molecule has 4 rings (SSSR count). The second-order valence-corrected chi connectivity index (χ2v) is 15.7. The molecule has 0 heterocycles. The minimum Gasteiger partial charge on any atom is -0.478 e. The van der Waals surface area contributed by atoms with Gasteiger partial charge in [-0.1, -0.05) is 70.4 Å². The molecule has 2 N–H and O–H groups in total. The van der Waals surface area contributed by atoms with E-state index in [2.05, 4.69) is 61.5 Å². The molecule has 228 valence electrons. The van der Waals surface area contributed by atoms with Gasteiger partial charge in [-0.05, 0) is 136 Å². The molecule has 0 aliphatic heterocycles. The second-order valence-electron chi connectivity index (χ2n) is 15.7. The predicted octanol–water partition coefficient (Wildman–Crippen LogP) is 9.78. The van der Waals surface area contributed by atoms with Crippen molar-refractivity contribution < 1.29 is 19.8 Å². The molecule has 41 heavy (non-hydrogen) atoms. The third-order valence-corrected chi connectivity index (χ3v) is 13.1. The van der Waals surface area contributed by atoms with Crippen molar-refractivity contribution in [3.63, 3.8) is 0 Å². The quantitative estimate of drug-likeness (QED) is 0.175. The van der Waals surface area contributed by atoms with Crippen molar-refractivity contribution in [1.82, 2.24) is 0 Å². The molecule has 2 fully saturated rings. The lowest BCUT2D eigenvalue weighted by Crippen LogP contribution is -2.53. The summed E-state index contributed by atoms with van der Waals surface area (Å²) < 4.78 is 0. The Bertz CT molecular complexity index is 1190. The number of rotatable bonds is 8. The highest BCUT2D eigenvalue weighted by Gasteiger charge is 2.63. The van der Waals surface area contributed by atoms with Crippen molar-refractivity contribution in [2.45, 2.75) is 127 Å². The van der Waals surface area contributed by atoms with Crippen molar-refractivity contribution in [1.29, 1.82) is 0 Å². The average Bonchev–Trinajstić information content (AvgIpc) is 3.15. The predicted molar refractivity (Wildman–Crippen MR) is 167 cm³/mol. The first-order valence-corrected chi connectivity index (χ1v) is 16.2. The van der Waals surface area contributed by atoms with E-state index in [1.807, 2.05) is 6.08 Å². The van der Waals surface area contributed by atoms with Gasteiger partial charge in [-0.15, -0.1) is 0 Å². The smallest absolute Gasteiger partial charge is 0.335 e. The van der Waals surface area contributed by atoms with E-state index in [1.54, 1.807) is 11.1 Å². The molecule has 2 unspecified atom stereocenters. The summed E-state index contributed by atoms with van der Waals surface area (Å²) in [4.78, 5) is 23.5. The van der Waals surface area contributed by atoms with E-state index in [0.717, 1.165) is 31.1 Å². The summed E-state index contributed by atoms with van der Waals surface area (Å²) in [6.45, 7) is 20.8. The number of carboxylic acids is 2. The number of fused-ring (bicyclic) bond motifs is 4. The second kappa shape index (κ2) is 11.2. The van der Waals surface area contributed by atoms with Crippen LogP contribution in [0.25, 0.3) is 0 Å². The van der Waals surface area contributed by atoms with Crippen LogP contribution < -0.4 is 0 Å². The van der Waals surface area contributed by atoms with Crippen LogP contribution in [0.15, 0.2) is 46.1 Å². The maximum Gasteiger partial charge on any atom is 0.335 e. The van der Waals surface area contributed by atoms with E-state index >= 15 is 0 Å². The Morgan fingerprint density at radius 2 is 1.59 bits per heavy atom. The van der Waals surface area contributed by atoms with Gasteiger partial charge in [0.25, 0.3) is 0 Å². The van der Waals surface area contributed by atoms with Crippen LogP contribution >= 0.6 is 0 Å². The Morgan fingerprint density at radius 1 is 0.902 bits per heavy atom. The summed E-state index contributed by atoms with van der Waals surface area (Å²) in [6.07, 6.45) is 17.6. The van der Waals surface area contributed by atoms with Crippen LogP contribution in [0, 0.1) is 45.3 Å². The fourth-order valence-electron chi connectivity index (χ4n) is 10.5. The minimum atomic E-state index is -1.08. The van der Waals surface area contributed by atoms with E-state index in [-0.39, 0.29) is 33.3 Å². The number of hydrogen-bond acceptors (Lipinski definition) is 2. The normalized spacial score (nSPS) is 37.5. The first-order valence-electron chi connectivity index (χ1n) is 16.2. The molecule has 2 saturated carbocycles. The maximum atomic E-state index is 12.1. The van der Waals surface area contributed by atoms with Gasteiger partial charge in [0.1, 0.15) is 0 Å². The lowest BCUT2D eigenvalue weighted by molar-refractivity contribution is -0.132. The van der Waals surface area contributed by atoms with Crippen LogP contribution in [0.3, 0.4) is 0 Å². The third-order valence-electron chi connectivity index (χ3n) is 13.1. The summed E-state index contributed by atoms with van der Waals surface area (Å²) in [5.41, 5.74) is 5.85. The van der Waals surface area contributed by atoms with Crippen molar-refractivity contribution in [2.75, 3.05) is 0 Å².